The summed E-state index contributed by atoms with van der Waals surface area (Å²) in [6.07, 6.45) is 4.41. The third-order valence-electron chi connectivity index (χ3n) is 5.32. The lowest BCUT2D eigenvalue weighted by Gasteiger charge is -2.36. The molecule has 4 nitrogen and oxygen atoms in total. The Hall–Kier alpha value is -0.910. The Morgan fingerprint density at radius 1 is 1.38 bits per heavy atom. The van der Waals surface area contributed by atoms with E-state index in [4.69, 9.17) is 4.74 Å². The van der Waals surface area contributed by atoms with E-state index in [0.717, 1.165) is 58.5 Å². The molecule has 0 saturated carbocycles. The molecule has 5 heteroatoms. The average Bonchev–Trinajstić information content (AvgIpc) is 3.27. The molecule has 24 heavy (non-hydrogen) atoms. The van der Waals surface area contributed by atoms with Crippen LogP contribution in [0.1, 0.15) is 45.1 Å². The zero-order valence-corrected chi connectivity index (χ0v) is 15.8. The van der Waals surface area contributed by atoms with Crippen molar-refractivity contribution in [3.8, 4) is 0 Å². The van der Waals surface area contributed by atoms with Crippen LogP contribution in [0.15, 0.2) is 16.8 Å². The third-order valence-corrected chi connectivity index (χ3v) is 6.05. The van der Waals surface area contributed by atoms with Gasteiger partial charge in [0.25, 0.3) is 0 Å². The van der Waals surface area contributed by atoms with Crippen LogP contribution >= 0.6 is 11.3 Å². The molecule has 0 aliphatic carbocycles. The smallest absolute Gasteiger partial charge is 0.226 e. The van der Waals surface area contributed by atoms with Crippen molar-refractivity contribution in [2.24, 2.45) is 5.92 Å². The molecule has 1 unspecified atom stereocenters. The Morgan fingerprint density at radius 3 is 2.75 bits per heavy atom. The van der Waals surface area contributed by atoms with Gasteiger partial charge in [-0.15, -0.1) is 0 Å². The second-order valence-electron chi connectivity index (χ2n) is 7.39. The molecule has 0 bridgehead atoms. The molecular formula is C19H30N2O2S. The number of carbonyl (C=O) groups is 1. The predicted octanol–water partition coefficient (Wildman–Crippen LogP) is 3.38. The predicted molar refractivity (Wildman–Crippen MR) is 98.1 cm³/mol. The number of amides is 1. The first-order valence-electron chi connectivity index (χ1n) is 9.29. The van der Waals surface area contributed by atoms with Gasteiger partial charge in [-0.3, -0.25) is 4.79 Å². The average molecular weight is 351 g/mol. The van der Waals surface area contributed by atoms with E-state index in [-0.39, 0.29) is 12.0 Å². The summed E-state index contributed by atoms with van der Waals surface area (Å²) in [7, 11) is 0. The summed E-state index contributed by atoms with van der Waals surface area (Å²) in [6.45, 7) is 8.88. The molecule has 0 N–H and O–H groups in total. The first kappa shape index (κ1) is 17.9. The minimum absolute atomic E-state index is 0.181. The van der Waals surface area contributed by atoms with Gasteiger partial charge in [-0.05, 0) is 75.0 Å². The van der Waals surface area contributed by atoms with Gasteiger partial charge in [-0.2, -0.15) is 11.3 Å². The van der Waals surface area contributed by atoms with Crippen molar-refractivity contribution in [1.29, 1.82) is 0 Å². The highest BCUT2D eigenvalue weighted by Crippen LogP contribution is 2.24. The standard InChI is InChI=1S/C19H30N2O2S/c1-15(2)20-8-5-17(6-9-20)19(22)21(12-16-7-11-24-14-16)13-18-4-3-10-23-18/h7,11,14-15,17-18H,3-6,8-10,12-13H2,1-2H3. The highest BCUT2D eigenvalue weighted by atomic mass is 32.1. The van der Waals surface area contributed by atoms with Crippen LogP contribution in [0.4, 0.5) is 0 Å². The Balaban J connectivity index is 1.61. The number of nitrogens with zero attached hydrogens (tertiary/aromatic N) is 2. The Bertz CT molecular complexity index is 503. The van der Waals surface area contributed by atoms with Gasteiger partial charge in [0.1, 0.15) is 0 Å². The number of hydrogen-bond donors (Lipinski definition) is 0. The third kappa shape index (κ3) is 4.58. The van der Waals surface area contributed by atoms with Crippen LogP contribution in [-0.2, 0) is 16.1 Å². The first-order valence-corrected chi connectivity index (χ1v) is 10.2. The lowest BCUT2D eigenvalue weighted by atomic mass is 9.94. The number of hydrogen-bond acceptors (Lipinski definition) is 4. The van der Waals surface area contributed by atoms with Gasteiger partial charge in [0.15, 0.2) is 0 Å². The van der Waals surface area contributed by atoms with Gasteiger partial charge < -0.3 is 14.5 Å². The van der Waals surface area contributed by atoms with E-state index in [1.807, 2.05) is 0 Å². The number of rotatable bonds is 6. The molecule has 1 amide bonds. The summed E-state index contributed by atoms with van der Waals surface area (Å²) < 4.78 is 5.79. The number of thiophene rings is 1. The molecule has 0 aromatic carbocycles. The molecule has 0 spiro atoms. The van der Waals surface area contributed by atoms with E-state index in [1.54, 1.807) is 11.3 Å². The normalized spacial score (nSPS) is 23.0. The van der Waals surface area contributed by atoms with Crippen LogP contribution < -0.4 is 0 Å². The lowest BCUT2D eigenvalue weighted by Crippen LogP contribution is -2.46. The summed E-state index contributed by atoms with van der Waals surface area (Å²) in [5, 5.41) is 4.24. The highest BCUT2D eigenvalue weighted by Gasteiger charge is 2.31. The Labute approximate surface area is 149 Å². The SMILES string of the molecule is CC(C)N1CCC(C(=O)N(Cc2ccsc2)CC2CCCO2)CC1. The van der Waals surface area contributed by atoms with Gasteiger partial charge in [0.2, 0.25) is 5.91 Å². The van der Waals surface area contributed by atoms with Crippen molar-refractivity contribution in [3.63, 3.8) is 0 Å². The molecule has 1 aromatic heterocycles. The van der Waals surface area contributed by atoms with E-state index in [0.29, 0.717) is 11.9 Å². The maximum absolute atomic E-state index is 13.1. The van der Waals surface area contributed by atoms with Gasteiger partial charge >= 0.3 is 0 Å². The molecule has 2 aliphatic heterocycles. The summed E-state index contributed by atoms with van der Waals surface area (Å²) in [5.41, 5.74) is 1.24. The van der Waals surface area contributed by atoms with Crippen LogP contribution in [0.5, 0.6) is 0 Å². The fraction of sp³-hybridized carbons (Fsp3) is 0.737. The monoisotopic (exact) mass is 350 g/mol. The molecule has 3 heterocycles. The van der Waals surface area contributed by atoms with Crippen molar-refractivity contribution in [2.75, 3.05) is 26.2 Å². The quantitative estimate of drug-likeness (QED) is 0.788. The number of likely N-dealkylation sites (tertiary alicyclic amines) is 1. The van der Waals surface area contributed by atoms with E-state index in [9.17, 15) is 4.79 Å². The number of piperidine rings is 1. The van der Waals surface area contributed by atoms with E-state index < -0.39 is 0 Å². The van der Waals surface area contributed by atoms with Crippen LogP contribution in [0, 0.1) is 5.92 Å². The summed E-state index contributed by atoms with van der Waals surface area (Å²) in [4.78, 5) is 17.7. The fourth-order valence-corrected chi connectivity index (χ4v) is 4.45. The highest BCUT2D eigenvalue weighted by molar-refractivity contribution is 7.07. The Morgan fingerprint density at radius 2 is 2.17 bits per heavy atom. The van der Waals surface area contributed by atoms with E-state index >= 15 is 0 Å². The van der Waals surface area contributed by atoms with Crippen LogP contribution in [0.25, 0.3) is 0 Å². The van der Waals surface area contributed by atoms with Crippen LogP contribution in [0.3, 0.4) is 0 Å². The van der Waals surface area contributed by atoms with Gasteiger partial charge in [0.05, 0.1) is 6.10 Å². The van der Waals surface area contributed by atoms with Crippen molar-refractivity contribution in [1.82, 2.24) is 9.80 Å². The molecule has 134 valence electrons. The molecule has 3 rings (SSSR count). The molecule has 2 aliphatic rings. The van der Waals surface area contributed by atoms with Gasteiger partial charge in [0, 0.05) is 31.7 Å². The minimum atomic E-state index is 0.181. The Kier molecular flexibility index (Phi) is 6.31. The zero-order valence-electron chi connectivity index (χ0n) is 14.9. The second-order valence-corrected chi connectivity index (χ2v) is 8.17. The minimum Gasteiger partial charge on any atom is -0.376 e. The number of ether oxygens (including phenoxy) is 1. The largest absolute Gasteiger partial charge is 0.376 e. The summed E-state index contributed by atoms with van der Waals surface area (Å²) in [6, 6.07) is 2.71. The van der Waals surface area contributed by atoms with Crippen molar-refractivity contribution in [3.05, 3.63) is 22.4 Å². The van der Waals surface area contributed by atoms with Gasteiger partial charge in [-0.1, -0.05) is 0 Å². The zero-order chi connectivity index (χ0) is 16.9. The maximum Gasteiger partial charge on any atom is 0.226 e. The molecular weight excluding hydrogens is 320 g/mol. The summed E-state index contributed by atoms with van der Waals surface area (Å²) in [5.74, 6) is 0.514. The maximum atomic E-state index is 13.1. The topological polar surface area (TPSA) is 32.8 Å². The van der Waals surface area contributed by atoms with Gasteiger partial charge in [-0.25, -0.2) is 0 Å². The molecule has 2 fully saturated rings. The van der Waals surface area contributed by atoms with Crippen molar-refractivity contribution >= 4 is 17.2 Å². The van der Waals surface area contributed by atoms with Crippen molar-refractivity contribution < 1.29 is 9.53 Å². The van der Waals surface area contributed by atoms with Crippen LogP contribution in [-0.4, -0.2) is 54.1 Å². The molecule has 2 saturated heterocycles. The summed E-state index contributed by atoms with van der Waals surface area (Å²) >= 11 is 1.70. The molecule has 0 radical (unpaired) electrons. The second kappa shape index (κ2) is 8.45. The van der Waals surface area contributed by atoms with E-state index in [2.05, 4.69) is 40.5 Å². The first-order chi connectivity index (χ1) is 11.6. The van der Waals surface area contributed by atoms with E-state index in [1.165, 1.54) is 5.56 Å². The van der Waals surface area contributed by atoms with Crippen LogP contribution in [0.2, 0.25) is 0 Å². The number of carbonyl (C=O) groups excluding carboxylic acids is 1. The molecule has 1 aromatic rings. The lowest BCUT2D eigenvalue weighted by molar-refractivity contribution is -0.139. The van der Waals surface area contributed by atoms with Crippen molar-refractivity contribution in [2.45, 2.75) is 58.2 Å². The molecule has 1 atom stereocenters. The fourth-order valence-electron chi connectivity index (χ4n) is 3.79.